The maximum absolute atomic E-state index is 12.9. The molecular formula is C21H19Cl2F3N4OS2. The van der Waals surface area contributed by atoms with Gasteiger partial charge in [-0.15, -0.1) is 10.2 Å². The van der Waals surface area contributed by atoms with Gasteiger partial charge in [-0.3, -0.25) is 10.1 Å². The normalized spacial score (nSPS) is 12.6. The number of carbonyl (C=O) groups is 1. The lowest BCUT2D eigenvalue weighted by molar-refractivity contribution is -0.137. The summed E-state index contributed by atoms with van der Waals surface area (Å²) >= 11 is 14.6. The molecule has 176 valence electrons. The van der Waals surface area contributed by atoms with Gasteiger partial charge in [0, 0.05) is 10.8 Å². The Bertz CT molecular complexity index is 1110. The number of thioether (sulfide) groups is 1. The van der Waals surface area contributed by atoms with Gasteiger partial charge in [0.2, 0.25) is 11.0 Å². The number of nitrogens with one attached hydrogen (secondary N) is 2. The number of rotatable bonds is 8. The van der Waals surface area contributed by atoms with Crippen LogP contribution in [0.3, 0.4) is 0 Å². The van der Waals surface area contributed by atoms with Crippen LogP contribution in [0.15, 0.2) is 46.8 Å². The predicted octanol–water partition coefficient (Wildman–Crippen LogP) is 7.23. The molecule has 0 saturated carbocycles. The molecule has 0 aliphatic rings. The van der Waals surface area contributed by atoms with E-state index in [9.17, 15) is 18.0 Å². The number of benzene rings is 2. The summed E-state index contributed by atoms with van der Waals surface area (Å²) in [5.74, 6) is 0.0870. The zero-order chi connectivity index (χ0) is 24.2. The Labute approximate surface area is 207 Å². The number of nitrogens with zero attached hydrogens (tertiary/aromatic N) is 2. The Hall–Kier alpha value is -2.01. The summed E-state index contributed by atoms with van der Waals surface area (Å²) in [6.07, 6.45) is -4.50. The van der Waals surface area contributed by atoms with Crippen molar-refractivity contribution in [2.75, 3.05) is 10.6 Å². The van der Waals surface area contributed by atoms with Crippen molar-refractivity contribution in [2.45, 2.75) is 36.2 Å². The SMILES string of the molecule is CC(C)[C@H](Nc1ccc(C(F)(F)F)cc1Cl)C(=O)Nc1nnc(SCc2ccc(Cl)cc2)s1. The van der Waals surface area contributed by atoms with Crippen molar-refractivity contribution >= 4 is 63.0 Å². The Kier molecular flexibility index (Phi) is 8.49. The van der Waals surface area contributed by atoms with Crippen LogP contribution in [0, 0.1) is 5.92 Å². The summed E-state index contributed by atoms with van der Waals surface area (Å²) in [6, 6.07) is 9.66. The van der Waals surface area contributed by atoms with E-state index in [1.165, 1.54) is 29.2 Å². The van der Waals surface area contributed by atoms with Gasteiger partial charge in [0.25, 0.3) is 0 Å². The fraction of sp³-hybridized carbons (Fsp3) is 0.286. The standard InChI is InChI=1S/C21H19Cl2F3N4OS2/c1-11(2)17(27-16-8-5-13(9-15(16)23)21(24,25)26)18(31)28-19-29-30-20(33-19)32-10-12-3-6-14(22)7-4-12/h3-9,11,17,27H,10H2,1-2H3,(H,28,29,31)/t17-/m0/s1. The van der Waals surface area contributed by atoms with Crippen molar-refractivity contribution in [3.8, 4) is 0 Å². The summed E-state index contributed by atoms with van der Waals surface area (Å²) in [7, 11) is 0. The number of alkyl halides is 3. The Balaban J connectivity index is 1.63. The molecule has 2 N–H and O–H groups in total. The predicted molar refractivity (Wildman–Crippen MR) is 128 cm³/mol. The summed E-state index contributed by atoms with van der Waals surface area (Å²) in [4.78, 5) is 12.8. The molecule has 0 aliphatic carbocycles. The molecule has 3 aromatic rings. The van der Waals surface area contributed by atoms with Crippen LogP contribution in [0.25, 0.3) is 0 Å². The fourth-order valence-corrected chi connectivity index (χ4v) is 4.81. The number of aromatic nitrogens is 2. The molecular weight excluding hydrogens is 516 g/mol. The molecule has 0 saturated heterocycles. The van der Waals surface area contributed by atoms with Gasteiger partial charge in [0.05, 0.1) is 16.3 Å². The van der Waals surface area contributed by atoms with E-state index in [-0.39, 0.29) is 16.6 Å². The fourth-order valence-electron chi connectivity index (χ4n) is 2.74. The maximum atomic E-state index is 12.9. The minimum Gasteiger partial charge on any atom is -0.372 e. The monoisotopic (exact) mass is 534 g/mol. The lowest BCUT2D eigenvalue weighted by atomic mass is 10.0. The number of hydrogen-bond donors (Lipinski definition) is 2. The average molecular weight is 535 g/mol. The first-order chi connectivity index (χ1) is 15.5. The van der Waals surface area contributed by atoms with Crippen molar-refractivity contribution in [3.05, 3.63) is 63.6 Å². The molecule has 0 aliphatic heterocycles. The lowest BCUT2D eigenvalue weighted by Crippen LogP contribution is -2.39. The first-order valence-electron chi connectivity index (χ1n) is 9.68. The Morgan fingerprint density at radius 3 is 2.42 bits per heavy atom. The van der Waals surface area contributed by atoms with Crippen molar-refractivity contribution in [1.29, 1.82) is 0 Å². The highest BCUT2D eigenvalue weighted by atomic mass is 35.5. The zero-order valence-corrected chi connectivity index (χ0v) is 20.6. The summed E-state index contributed by atoms with van der Waals surface area (Å²) in [6.45, 7) is 3.62. The smallest absolute Gasteiger partial charge is 0.372 e. The first-order valence-corrected chi connectivity index (χ1v) is 12.2. The molecule has 0 spiro atoms. The Morgan fingerprint density at radius 2 is 1.82 bits per heavy atom. The molecule has 12 heteroatoms. The van der Waals surface area contributed by atoms with Crippen LogP contribution in [0.1, 0.15) is 25.0 Å². The van der Waals surface area contributed by atoms with Gasteiger partial charge < -0.3 is 5.32 Å². The van der Waals surface area contributed by atoms with Crippen LogP contribution >= 0.6 is 46.3 Å². The molecule has 5 nitrogen and oxygen atoms in total. The number of anilines is 2. The van der Waals surface area contributed by atoms with E-state index in [1.807, 2.05) is 38.1 Å². The third-order valence-corrected chi connectivity index (χ3v) is 7.08. The Morgan fingerprint density at radius 1 is 1.12 bits per heavy atom. The van der Waals surface area contributed by atoms with Crippen LogP contribution in [0.2, 0.25) is 10.0 Å². The van der Waals surface area contributed by atoms with E-state index in [1.54, 1.807) is 0 Å². The molecule has 0 unspecified atom stereocenters. The van der Waals surface area contributed by atoms with Crippen molar-refractivity contribution in [2.24, 2.45) is 5.92 Å². The van der Waals surface area contributed by atoms with E-state index < -0.39 is 23.7 Å². The molecule has 1 amide bonds. The third kappa shape index (κ3) is 7.23. The molecule has 1 aromatic heterocycles. The van der Waals surface area contributed by atoms with Gasteiger partial charge in [-0.25, -0.2) is 0 Å². The average Bonchev–Trinajstić information content (AvgIpc) is 3.18. The molecule has 3 rings (SSSR count). The van der Waals surface area contributed by atoms with E-state index in [0.717, 1.165) is 17.7 Å². The number of halogens is 5. The first kappa shape index (κ1) is 25.6. The number of carbonyl (C=O) groups excluding carboxylic acids is 1. The topological polar surface area (TPSA) is 66.9 Å². The van der Waals surface area contributed by atoms with E-state index >= 15 is 0 Å². The third-order valence-electron chi connectivity index (χ3n) is 4.47. The van der Waals surface area contributed by atoms with Crippen LogP contribution in [0.5, 0.6) is 0 Å². The van der Waals surface area contributed by atoms with Gasteiger partial charge in [-0.05, 0) is 41.8 Å². The van der Waals surface area contributed by atoms with E-state index in [2.05, 4.69) is 20.8 Å². The van der Waals surface area contributed by atoms with Gasteiger partial charge in [-0.2, -0.15) is 13.2 Å². The molecule has 0 radical (unpaired) electrons. The molecule has 0 fully saturated rings. The second-order valence-electron chi connectivity index (χ2n) is 7.34. The summed E-state index contributed by atoms with van der Waals surface area (Å²) in [5, 5.41) is 14.6. The van der Waals surface area contributed by atoms with Gasteiger partial charge in [0.15, 0.2) is 4.34 Å². The molecule has 0 bridgehead atoms. The van der Waals surface area contributed by atoms with Crippen molar-refractivity contribution < 1.29 is 18.0 Å². The molecule has 2 aromatic carbocycles. The second kappa shape index (κ2) is 10.9. The van der Waals surface area contributed by atoms with Crippen LogP contribution in [-0.2, 0) is 16.7 Å². The largest absolute Gasteiger partial charge is 0.416 e. The number of hydrogen-bond acceptors (Lipinski definition) is 6. The highest BCUT2D eigenvalue weighted by Crippen LogP contribution is 2.34. The van der Waals surface area contributed by atoms with Crippen molar-refractivity contribution in [3.63, 3.8) is 0 Å². The highest BCUT2D eigenvalue weighted by molar-refractivity contribution is 8.00. The van der Waals surface area contributed by atoms with Crippen LogP contribution < -0.4 is 10.6 Å². The van der Waals surface area contributed by atoms with E-state index in [0.29, 0.717) is 20.2 Å². The molecule has 1 atom stereocenters. The van der Waals surface area contributed by atoms with Gasteiger partial charge >= 0.3 is 6.18 Å². The highest BCUT2D eigenvalue weighted by Gasteiger charge is 2.31. The van der Waals surface area contributed by atoms with Crippen molar-refractivity contribution in [1.82, 2.24) is 10.2 Å². The van der Waals surface area contributed by atoms with Gasteiger partial charge in [0.1, 0.15) is 6.04 Å². The maximum Gasteiger partial charge on any atom is 0.416 e. The zero-order valence-electron chi connectivity index (χ0n) is 17.4. The molecule has 33 heavy (non-hydrogen) atoms. The second-order valence-corrected chi connectivity index (χ2v) is 10.4. The minimum atomic E-state index is -4.50. The molecule has 1 heterocycles. The minimum absolute atomic E-state index is 0.125. The summed E-state index contributed by atoms with van der Waals surface area (Å²) < 4.78 is 39.3. The van der Waals surface area contributed by atoms with E-state index in [4.69, 9.17) is 23.2 Å². The summed E-state index contributed by atoms with van der Waals surface area (Å²) in [5.41, 5.74) is 0.443. The van der Waals surface area contributed by atoms with Crippen LogP contribution in [0.4, 0.5) is 24.0 Å². The number of amides is 1. The lowest BCUT2D eigenvalue weighted by Gasteiger charge is -2.23. The quantitative estimate of drug-likeness (QED) is 0.235. The van der Waals surface area contributed by atoms with Crippen LogP contribution in [-0.4, -0.2) is 22.1 Å². The van der Waals surface area contributed by atoms with Gasteiger partial charge in [-0.1, -0.05) is 72.3 Å².